The molecule has 4 saturated heterocycles. The fourth-order valence-electron chi connectivity index (χ4n) is 9.67. The van der Waals surface area contributed by atoms with Crippen LogP contribution in [0.3, 0.4) is 0 Å². The molecular weight excluding hydrogens is 448 g/mol. The van der Waals surface area contributed by atoms with Crippen molar-refractivity contribution in [2.45, 2.75) is 25.4 Å². The smallest absolute Gasteiger partial charge is 0.290 e. The molecule has 0 spiro atoms. The predicted molar refractivity (Wildman–Crippen MR) is 138 cm³/mol. The molecule has 4 unspecified atom stereocenters. The highest BCUT2D eigenvalue weighted by molar-refractivity contribution is 5.84. The minimum atomic E-state index is 0.604. The molecule has 0 N–H and O–H groups in total. The summed E-state index contributed by atoms with van der Waals surface area (Å²) in [5.74, 6) is 3.34. The van der Waals surface area contributed by atoms with E-state index < -0.39 is 0 Å². The lowest BCUT2D eigenvalue weighted by Crippen LogP contribution is -2.69. The van der Waals surface area contributed by atoms with Crippen molar-refractivity contribution < 1.29 is 18.1 Å². The second-order valence-corrected chi connectivity index (χ2v) is 13.0. The van der Waals surface area contributed by atoms with Crippen LogP contribution in [-0.4, -0.2) is 166 Å². The Hall–Kier alpha value is -2.00. The van der Waals surface area contributed by atoms with E-state index in [9.17, 15) is 0 Å². The molecule has 9 rings (SSSR count). The summed E-state index contributed by atoms with van der Waals surface area (Å²) in [6.07, 6.45) is 1.21. The van der Waals surface area contributed by atoms with Crippen molar-refractivity contribution in [3.8, 4) is 0 Å². The fourth-order valence-corrected chi connectivity index (χ4v) is 9.67. The average Bonchev–Trinajstić information content (AvgIpc) is 3.66. The second-order valence-electron chi connectivity index (χ2n) is 13.0. The van der Waals surface area contributed by atoms with Gasteiger partial charge in [0.25, 0.3) is 0 Å². The Morgan fingerprint density at radius 3 is 1.61 bits per heavy atom. The lowest BCUT2D eigenvalue weighted by atomic mass is 10.0. The second kappa shape index (κ2) is 7.31. The predicted octanol–water partition coefficient (Wildman–Crippen LogP) is -0.889. The maximum absolute atomic E-state index is 2.82. The number of amidine groups is 2. The number of hydrogen-bond acceptors (Lipinski definition) is 4. The molecule has 4 atom stereocenters. The van der Waals surface area contributed by atoms with Gasteiger partial charge in [0.1, 0.15) is 65.4 Å². The highest BCUT2D eigenvalue weighted by Crippen LogP contribution is 2.37. The van der Waals surface area contributed by atoms with Crippen LogP contribution in [0.5, 0.6) is 0 Å². The fraction of sp³-hybridized carbons (Fsp3) is 0.714. The first-order valence-electron chi connectivity index (χ1n) is 14.7. The summed E-state index contributed by atoms with van der Waals surface area (Å²) in [6, 6.07) is 9.87. The van der Waals surface area contributed by atoms with Crippen LogP contribution in [-0.2, 0) is 13.1 Å². The van der Waals surface area contributed by atoms with E-state index in [-0.39, 0.29) is 0 Å². The van der Waals surface area contributed by atoms with Gasteiger partial charge >= 0.3 is 11.7 Å². The third-order valence-electron chi connectivity index (χ3n) is 11.4. The SMILES string of the molecule is c1cc(C[N+]23CCN4CC[N+]5=C4C2N(CC5)CC3)cc(C[N+]23CCN4CC[N+]5=C4C2N(CC5)CC3)c1. The molecule has 8 aliphatic heterocycles. The first-order chi connectivity index (χ1) is 17.7. The lowest BCUT2D eigenvalue weighted by Gasteiger charge is -2.46. The Labute approximate surface area is 215 Å². The van der Waals surface area contributed by atoms with E-state index in [1.54, 1.807) is 22.8 Å². The van der Waals surface area contributed by atoms with Gasteiger partial charge < -0.3 is 0 Å². The highest BCUT2D eigenvalue weighted by atomic mass is 15.6. The van der Waals surface area contributed by atoms with Gasteiger partial charge in [-0.25, -0.2) is 19.6 Å². The van der Waals surface area contributed by atoms with Gasteiger partial charge in [-0.3, -0.25) is 18.1 Å². The lowest BCUT2D eigenvalue weighted by molar-refractivity contribution is -0.953. The van der Waals surface area contributed by atoms with Crippen LogP contribution >= 0.6 is 0 Å². The molecule has 0 aromatic heterocycles. The molecule has 8 heteroatoms. The van der Waals surface area contributed by atoms with Crippen LogP contribution in [0.1, 0.15) is 11.1 Å². The number of benzene rings is 1. The van der Waals surface area contributed by atoms with E-state index in [1.165, 1.54) is 127 Å². The van der Waals surface area contributed by atoms with E-state index in [0.29, 0.717) is 12.3 Å². The van der Waals surface area contributed by atoms with Gasteiger partial charge in [0.15, 0.2) is 0 Å². The number of nitrogens with zero attached hydrogens (tertiary/aromatic N) is 8. The van der Waals surface area contributed by atoms with Gasteiger partial charge in [-0.05, 0) is 6.07 Å². The van der Waals surface area contributed by atoms with Crippen molar-refractivity contribution >= 4 is 11.7 Å². The molecule has 1 aromatic rings. The maximum Gasteiger partial charge on any atom is 0.323 e. The van der Waals surface area contributed by atoms with Crippen LogP contribution in [0.4, 0.5) is 0 Å². The summed E-state index contributed by atoms with van der Waals surface area (Å²) in [7, 11) is 0. The molecule has 1 aromatic carbocycles. The molecule has 0 bridgehead atoms. The highest BCUT2D eigenvalue weighted by Gasteiger charge is 2.62. The van der Waals surface area contributed by atoms with Crippen molar-refractivity contribution in [2.75, 3.05) is 105 Å². The molecule has 0 aliphatic carbocycles. The molecule has 0 radical (unpaired) electrons. The van der Waals surface area contributed by atoms with Crippen LogP contribution < -0.4 is 0 Å². The van der Waals surface area contributed by atoms with Crippen molar-refractivity contribution in [1.29, 1.82) is 0 Å². The largest absolute Gasteiger partial charge is 0.323 e. The minimum absolute atomic E-state index is 0.604. The first kappa shape index (κ1) is 21.0. The van der Waals surface area contributed by atoms with Crippen molar-refractivity contribution in [3.63, 3.8) is 0 Å². The summed E-state index contributed by atoms with van der Waals surface area (Å²) in [6.45, 7) is 22.7. The van der Waals surface area contributed by atoms with Crippen LogP contribution in [0, 0.1) is 0 Å². The molecule has 190 valence electrons. The molecule has 4 fully saturated rings. The maximum atomic E-state index is 2.82. The molecule has 8 heterocycles. The van der Waals surface area contributed by atoms with Crippen molar-refractivity contribution in [3.05, 3.63) is 35.4 Å². The monoisotopic (exact) mass is 490 g/mol. The molecule has 0 saturated carbocycles. The minimum Gasteiger partial charge on any atom is -0.290 e. The van der Waals surface area contributed by atoms with Gasteiger partial charge in [-0.2, -0.15) is 0 Å². The number of piperazine rings is 2. The zero-order valence-corrected chi connectivity index (χ0v) is 21.8. The Bertz CT molecular complexity index is 1100. The zero-order valence-electron chi connectivity index (χ0n) is 21.8. The molecular formula is C28H42N8+4. The van der Waals surface area contributed by atoms with Gasteiger partial charge in [-0.1, -0.05) is 18.2 Å². The number of hydrogen-bond donors (Lipinski definition) is 0. The Balaban J connectivity index is 1.02. The van der Waals surface area contributed by atoms with E-state index >= 15 is 0 Å². The average molecular weight is 491 g/mol. The topological polar surface area (TPSA) is 19.0 Å². The Morgan fingerprint density at radius 1 is 0.611 bits per heavy atom. The van der Waals surface area contributed by atoms with Gasteiger partial charge in [0.05, 0.1) is 39.3 Å². The summed E-state index contributed by atoms with van der Waals surface area (Å²) in [4.78, 5) is 11.1. The third kappa shape index (κ3) is 2.74. The van der Waals surface area contributed by atoms with E-state index in [1.807, 2.05) is 0 Å². The number of rotatable bonds is 4. The molecule has 0 amide bonds. The summed E-state index contributed by atoms with van der Waals surface area (Å²) >= 11 is 0. The van der Waals surface area contributed by atoms with Crippen molar-refractivity contribution in [2.24, 2.45) is 0 Å². The van der Waals surface area contributed by atoms with Crippen molar-refractivity contribution in [1.82, 2.24) is 19.6 Å². The van der Waals surface area contributed by atoms with Gasteiger partial charge in [0.2, 0.25) is 12.3 Å². The normalized spacial score (nSPS) is 38.9. The standard InChI is InChI=1S/C28H42N8/c1-2-23(21-35-16-12-31-6-4-29-8-10-33(14-18-35)27(35)25(29)31)20-24(3-1)22-36-17-13-32-7-5-30-9-11-34(15-19-36)28(36)26(30)32/h1-3,20,27-28H,4-19,21-22H2/q+4. The van der Waals surface area contributed by atoms with E-state index in [4.69, 9.17) is 0 Å². The van der Waals surface area contributed by atoms with Crippen LogP contribution in [0.15, 0.2) is 24.3 Å². The molecule has 8 aliphatic rings. The summed E-state index contributed by atoms with van der Waals surface area (Å²) in [5.41, 5.74) is 3.15. The van der Waals surface area contributed by atoms with Crippen LogP contribution in [0.2, 0.25) is 0 Å². The summed E-state index contributed by atoms with van der Waals surface area (Å²) in [5, 5.41) is 0. The third-order valence-corrected chi connectivity index (χ3v) is 11.4. The Morgan fingerprint density at radius 2 is 1.08 bits per heavy atom. The Kier molecular flexibility index (Phi) is 4.26. The molecule has 36 heavy (non-hydrogen) atoms. The number of quaternary nitrogens is 2. The van der Waals surface area contributed by atoms with Crippen LogP contribution in [0.25, 0.3) is 0 Å². The van der Waals surface area contributed by atoms with Gasteiger partial charge in [-0.15, -0.1) is 0 Å². The quantitative estimate of drug-likeness (QED) is 0.403. The van der Waals surface area contributed by atoms with Gasteiger partial charge in [0, 0.05) is 24.2 Å². The van der Waals surface area contributed by atoms with E-state index in [0.717, 1.165) is 0 Å². The molecule has 8 nitrogen and oxygen atoms in total. The first-order valence-corrected chi connectivity index (χ1v) is 14.7. The van der Waals surface area contributed by atoms with E-state index in [2.05, 4.69) is 53.0 Å². The summed E-state index contributed by atoms with van der Waals surface area (Å²) < 4.78 is 7.98. The zero-order chi connectivity index (χ0) is 23.5.